The molecule has 0 radical (unpaired) electrons. The molecule has 0 fully saturated rings. The highest BCUT2D eigenvalue weighted by Crippen LogP contribution is 2.15. The van der Waals surface area contributed by atoms with Gasteiger partial charge in [-0.1, -0.05) is 23.7 Å². The van der Waals surface area contributed by atoms with Crippen molar-refractivity contribution >= 4 is 29.2 Å². The molecule has 23 heavy (non-hydrogen) atoms. The number of nitrogens with one attached hydrogen (secondary N) is 2. The fourth-order valence-corrected chi connectivity index (χ4v) is 2.11. The summed E-state index contributed by atoms with van der Waals surface area (Å²) in [6, 6.07) is 12.5. The summed E-state index contributed by atoms with van der Waals surface area (Å²) in [5.41, 5.74) is 7.12. The Morgan fingerprint density at radius 2 is 1.96 bits per heavy atom. The van der Waals surface area contributed by atoms with Crippen LogP contribution in [0.4, 0.5) is 10.5 Å². The van der Waals surface area contributed by atoms with Gasteiger partial charge in [0.05, 0.1) is 17.2 Å². The minimum absolute atomic E-state index is 0.0623. The Bertz CT molecular complexity index is 799. The van der Waals surface area contributed by atoms with Crippen molar-refractivity contribution in [2.75, 3.05) is 5.73 Å². The van der Waals surface area contributed by atoms with Crippen LogP contribution in [-0.4, -0.2) is 11.9 Å². The normalized spacial score (nSPS) is 9.74. The quantitative estimate of drug-likeness (QED) is 0.752. The highest BCUT2D eigenvalue weighted by Gasteiger charge is 2.13. The van der Waals surface area contributed by atoms with E-state index in [0.717, 1.165) is 0 Å². The molecule has 2 rings (SSSR count). The van der Waals surface area contributed by atoms with Crippen LogP contribution >= 0.6 is 11.6 Å². The minimum atomic E-state index is -0.692. The molecule has 7 heteroatoms. The number of carbonyl (C=O) groups excluding carboxylic acids is 2. The number of imide groups is 1. The van der Waals surface area contributed by atoms with Crippen molar-refractivity contribution in [2.45, 2.75) is 6.54 Å². The molecule has 0 aliphatic carbocycles. The number of halogens is 1. The number of nitrogens with zero attached hydrogens (tertiary/aromatic N) is 1. The van der Waals surface area contributed by atoms with Gasteiger partial charge in [-0.15, -0.1) is 0 Å². The SMILES string of the molecule is N#Cc1ccc(Cl)cc1CNC(=O)NC(=O)c1ccccc1N. The number of hydrogen-bond donors (Lipinski definition) is 3. The third-order valence-electron chi connectivity index (χ3n) is 3.06. The molecule has 2 aromatic rings. The molecule has 0 unspecified atom stereocenters. The van der Waals surface area contributed by atoms with Crippen LogP contribution in [-0.2, 0) is 6.54 Å². The van der Waals surface area contributed by atoms with Gasteiger partial charge in [-0.05, 0) is 35.9 Å². The molecular weight excluding hydrogens is 316 g/mol. The molecule has 4 N–H and O–H groups in total. The summed E-state index contributed by atoms with van der Waals surface area (Å²) >= 11 is 5.87. The Labute approximate surface area is 137 Å². The van der Waals surface area contributed by atoms with E-state index in [4.69, 9.17) is 22.6 Å². The Morgan fingerprint density at radius 3 is 2.65 bits per heavy atom. The first-order valence-electron chi connectivity index (χ1n) is 6.63. The number of amides is 3. The van der Waals surface area contributed by atoms with E-state index in [9.17, 15) is 9.59 Å². The summed E-state index contributed by atoms with van der Waals surface area (Å²) in [5.74, 6) is -0.604. The number of benzene rings is 2. The Hall–Kier alpha value is -3.04. The number of anilines is 1. The van der Waals surface area contributed by atoms with Crippen molar-refractivity contribution in [2.24, 2.45) is 0 Å². The van der Waals surface area contributed by atoms with Crippen LogP contribution in [0.3, 0.4) is 0 Å². The van der Waals surface area contributed by atoms with Gasteiger partial charge in [0, 0.05) is 17.3 Å². The number of nitriles is 1. The first-order valence-corrected chi connectivity index (χ1v) is 7.01. The van der Waals surface area contributed by atoms with E-state index >= 15 is 0 Å². The van der Waals surface area contributed by atoms with E-state index in [2.05, 4.69) is 10.6 Å². The molecule has 0 aliphatic heterocycles. The van der Waals surface area contributed by atoms with Crippen LogP contribution in [0.2, 0.25) is 5.02 Å². The molecule has 0 saturated heterocycles. The number of urea groups is 1. The number of carbonyl (C=O) groups is 2. The van der Waals surface area contributed by atoms with E-state index in [1.807, 2.05) is 6.07 Å². The van der Waals surface area contributed by atoms with Gasteiger partial charge in [0.15, 0.2) is 0 Å². The fraction of sp³-hybridized carbons (Fsp3) is 0.0625. The van der Waals surface area contributed by atoms with Crippen LogP contribution in [0.1, 0.15) is 21.5 Å². The van der Waals surface area contributed by atoms with Gasteiger partial charge < -0.3 is 11.1 Å². The molecule has 0 aromatic heterocycles. The molecule has 0 heterocycles. The van der Waals surface area contributed by atoms with Gasteiger partial charge >= 0.3 is 6.03 Å². The predicted molar refractivity (Wildman–Crippen MR) is 86.7 cm³/mol. The number of hydrogen-bond acceptors (Lipinski definition) is 4. The average molecular weight is 329 g/mol. The van der Waals surface area contributed by atoms with Crippen molar-refractivity contribution in [3.8, 4) is 6.07 Å². The third kappa shape index (κ3) is 4.22. The number of nitrogens with two attached hydrogens (primary N) is 1. The zero-order chi connectivity index (χ0) is 16.8. The summed E-state index contributed by atoms with van der Waals surface area (Å²) in [7, 11) is 0. The second kappa shape index (κ2) is 7.29. The summed E-state index contributed by atoms with van der Waals surface area (Å²) in [6.45, 7) is 0.0623. The molecular formula is C16H13ClN4O2. The lowest BCUT2D eigenvalue weighted by Gasteiger charge is -2.09. The fourth-order valence-electron chi connectivity index (χ4n) is 1.91. The number of nitrogen functional groups attached to an aromatic ring is 1. The van der Waals surface area contributed by atoms with Gasteiger partial charge in [-0.2, -0.15) is 5.26 Å². The number of para-hydroxylation sites is 1. The maximum absolute atomic E-state index is 11.9. The van der Waals surface area contributed by atoms with E-state index in [-0.39, 0.29) is 17.8 Å². The van der Waals surface area contributed by atoms with Crippen LogP contribution in [0.15, 0.2) is 42.5 Å². The van der Waals surface area contributed by atoms with Gasteiger partial charge in [0.2, 0.25) is 0 Å². The molecule has 3 amide bonds. The lowest BCUT2D eigenvalue weighted by Crippen LogP contribution is -2.39. The zero-order valence-corrected chi connectivity index (χ0v) is 12.7. The van der Waals surface area contributed by atoms with Crippen LogP contribution in [0.5, 0.6) is 0 Å². The Morgan fingerprint density at radius 1 is 1.22 bits per heavy atom. The molecule has 0 atom stereocenters. The van der Waals surface area contributed by atoms with Gasteiger partial charge in [-0.25, -0.2) is 4.79 Å². The highest BCUT2D eigenvalue weighted by molar-refractivity contribution is 6.30. The first kappa shape index (κ1) is 16.3. The second-order valence-corrected chi connectivity index (χ2v) is 5.07. The zero-order valence-electron chi connectivity index (χ0n) is 12.0. The summed E-state index contributed by atoms with van der Waals surface area (Å²) < 4.78 is 0. The topological polar surface area (TPSA) is 108 Å². The minimum Gasteiger partial charge on any atom is -0.398 e. The summed E-state index contributed by atoms with van der Waals surface area (Å²) in [6.07, 6.45) is 0. The maximum atomic E-state index is 11.9. The molecule has 2 aromatic carbocycles. The molecule has 0 aliphatic rings. The standard InChI is InChI=1S/C16H13ClN4O2/c17-12-6-5-10(8-18)11(7-12)9-20-16(23)21-15(22)13-3-1-2-4-14(13)19/h1-7H,9,19H2,(H2,20,21,22,23). The summed E-state index contributed by atoms with van der Waals surface area (Å²) in [4.78, 5) is 23.7. The van der Waals surface area contributed by atoms with Crippen molar-refractivity contribution in [3.63, 3.8) is 0 Å². The van der Waals surface area contributed by atoms with Crippen molar-refractivity contribution in [1.82, 2.24) is 10.6 Å². The van der Waals surface area contributed by atoms with Crippen LogP contribution in [0.25, 0.3) is 0 Å². The van der Waals surface area contributed by atoms with Crippen LogP contribution in [0, 0.1) is 11.3 Å². The molecule has 0 bridgehead atoms. The number of rotatable bonds is 3. The monoisotopic (exact) mass is 328 g/mol. The van der Waals surface area contributed by atoms with Crippen molar-refractivity contribution in [1.29, 1.82) is 5.26 Å². The van der Waals surface area contributed by atoms with E-state index in [1.54, 1.807) is 36.4 Å². The van der Waals surface area contributed by atoms with Gasteiger partial charge in [-0.3, -0.25) is 10.1 Å². The lowest BCUT2D eigenvalue weighted by molar-refractivity contribution is 0.0965. The van der Waals surface area contributed by atoms with Crippen molar-refractivity contribution in [3.05, 3.63) is 64.2 Å². The third-order valence-corrected chi connectivity index (χ3v) is 3.29. The summed E-state index contributed by atoms with van der Waals surface area (Å²) in [5, 5.41) is 14.1. The maximum Gasteiger partial charge on any atom is 0.321 e. The second-order valence-electron chi connectivity index (χ2n) is 4.64. The smallest absolute Gasteiger partial charge is 0.321 e. The molecule has 6 nitrogen and oxygen atoms in total. The van der Waals surface area contributed by atoms with E-state index < -0.39 is 11.9 Å². The molecule has 116 valence electrons. The van der Waals surface area contributed by atoms with Gasteiger partial charge in [0.25, 0.3) is 5.91 Å². The highest BCUT2D eigenvalue weighted by atomic mass is 35.5. The Balaban J connectivity index is 1.99. The largest absolute Gasteiger partial charge is 0.398 e. The predicted octanol–water partition coefficient (Wildman–Crippen LogP) is 2.43. The first-order chi connectivity index (χ1) is 11.0. The Kier molecular flexibility index (Phi) is 5.18. The molecule has 0 spiro atoms. The van der Waals surface area contributed by atoms with Crippen molar-refractivity contribution < 1.29 is 9.59 Å². The van der Waals surface area contributed by atoms with Crippen LogP contribution < -0.4 is 16.4 Å². The van der Waals surface area contributed by atoms with E-state index in [1.165, 1.54) is 6.07 Å². The average Bonchev–Trinajstić information content (AvgIpc) is 2.53. The molecule has 0 saturated carbocycles. The van der Waals surface area contributed by atoms with E-state index in [0.29, 0.717) is 16.1 Å². The van der Waals surface area contributed by atoms with Gasteiger partial charge in [0.1, 0.15) is 0 Å². The lowest BCUT2D eigenvalue weighted by atomic mass is 10.1.